The molecule has 1 aromatic rings. The summed E-state index contributed by atoms with van der Waals surface area (Å²) >= 11 is 0. The average molecular weight is 223 g/mol. The predicted octanol–water partition coefficient (Wildman–Crippen LogP) is 0.959. The molecule has 0 aromatic carbocycles. The van der Waals surface area contributed by atoms with Crippen LogP contribution in [0.5, 0.6) is 0 Å². The number of hydrogen-bond donors (Lipinski definition) is 1. The van der Waals surface area contributed by atoms with Crippen molar-refractivity contribution in [2.24, 2.45) is 12.8 Å². The van der Waals surface area contributed by atoms with Crippen molar-refractivity contribution in [1.82, 2.24) is 9.78 Å². The van der Waals surface area contributed by atoms with Crippen molar-refractivity contribution >= 4 is 11.5 Å². The molecule has 1 rings (SSSR count). The van der Waals surface area contributed by atoms with Crippen molar-refractivity contribution in [3.8, 4) is 0 Å². The molecule has 1 heterocycles. The van der Waals surface area contributed by atoms with Gasteiger partial charge in [-0.2, -0.15) is 5.10 Å². The quantitative estimate of drug-likeness (QED) is 0.755. The summed E-state index contributed by atoms with van der Waals surface area (Å²) in [6.07, 6.45) is 2.39. The van der Waals surface area contributed by atoms with Gasteiger partial charge >= 0.3 is 5.97 Å². The van der Waals surface area contributed by atoms with Crippen molar-refractivity contribution in [2.45, 2.75) is 13.3 Å². The Bertz CT molecular complexity index is 360. The van der Waals surface area contributed by atoms with Gasteiger partial charge in [0.25, 0.3) is 0 Å². The van der Waals surface area contributed by atoms with Gasteiger partial charge < -0.3 is 10.5 Å². The Balaban J connectivity index is 2.99. The Morgan fingerprint density at radius 2 is 2.38 bits per heavy atom. The molecule has 0 bridgehead atoms. The summed E-state index contributed by atoms with van der Waals surface area (Å²) in [6, 6.07) is 0. The van der Waals surface area contributed by atoms with Gasteiger partial charge in [-0.05, 0) is 25.5 Å². The third-order valence-electron chi connectivity index (χ3n) is 2.12. The lowest BCUT2D eigenvalue weighted by atomic mass is 10.1. The second-order valence-electron chi connectivity index (χ2n) is 3.43. The standard InChI is InChI=1S/C11H17N3O2/c1-4-16-11(15)10-9(7-14(3)13-10)8(2)5-6-12/h7H,2,4-6,12H2,1,3H3. The topological polar surface area (TPSA) is 70.1 Å². The molecular weight excluding hydrogens is 206 g/mol. The Kier molecular flexibility index (Phi) is 4.25. The van der Waals surface area contributed by atoms with Crippen molar-refractivity contribution in [3.05, 3.63) is 24.0 Å². The molecule has 5 heteroatoms. The number of ether oxygens (including phenoxy) is 1. The molecular formula is C11H17N3O2. The second-order valence-corrected chi connectivity index (χ2v) is 3.43. The van der Waals surface area contributed by atoms with E-state index in [9.17, 15) is 4.79 Å². The number of hydrogen-bond acceptors (Lipinski definition) is 4. The first-order valence-corrected chi connectivity index (χ1v) is 5.19. The van der Waals surface area contributed by atoms with E-state index in [1.807, 2.05) is 0 Å². The van der Waals surface area contributed by atoms with E-state index in [0.717, 1.165) is 5.57 Å². The molecule has 0 atom stereocenters. The fourth-order valence-corrected chi connectivity index (χ4v) is 1.41. The molecule has 0 aliphatic heterocycles. The zero-order valence-electron chi connectivity index (χ0n) is 9.69. The monoisotopic (exact) mass is 223 g/mol. The molecule has 16 heavy (non-hydrogen) atoms. The number of nitrogens with two attached hydrogens (primary N) is 1. The molecule has 88 valence electrons. The maximum absolute atomic E-state index is 11.6. The lowest BCUT2D eigenvalue weighted by Crippen LogP contribution is -2.09. The maximum Gasteiger partial charge on any atom is 0.359 e. The Morgan fingerprint density at radius 3 is 2.94 bits per heavy atom. The number of esters is 1. The fraction of sp³-hybridized carbons (Fsp3) is 0.455. The van der Waals surface area contributed by atoms with Crippen LogP contribution in [0.3, 0.4) is 0 Å². The van der Waals surface area contributed by atoms with Gasteiger partial charge in [-0.25, -0.2) is 4.79 Å². The van der Waals surface area contributed by atoms with Crippen molar-refractivity contribution in [2.75, 3.05) is 13.2 Å². The summed E-state index contributed by atoms with van der Waals surface area (Å²) in [6.45, 7) is 6.48. The third kappa shape index (κ3) is 2.70. The molecule has 0 unspecified atom stereocenters. The van der Waals surface area contributed by atoms with E-state index in [1.165, 1.54) is 0 Å². The van der Waals surface area contributed by atoms with Crippen LogP contribution in [0.25, 0.3) is 5.57 Å². The number of rotatable bonds is 5. The van der Waals surface area contributed by atoms with E-state index in [2.05, 4.69) is 11.7 Å². The first-order chi connectivity index (χ1) is 7.60. The van der Waals surface area contributed by atoms with Crippen LogP contribution in [0, 0.1) is 0 Å². The molecule has 0 fully saturated rings. The highest BCUT2D eigenvalue weighted by molar-refractivity contribution is 5.93. The van der Waals surface area contributed by atoms with Crippen LogP contribution in [0.4, 0.5) is 0 Å². The Labute approximate surface area is 94.9 Å². The summed E-state index contributed by atoms with van der Waals surface area (Å²) in [5.74, 6) is -0.420. The lowest BCUT2D eigenvalue weighted by Gasteiger charge is -2.03. The highest BCUT2D eigenvalue weighted by Crippen LogP contribution is 2.19. The highest BCUT2D eigenvalue weighted by atomic mass is 16.5. The summed E-state index contributed by atoms with van der Waals surface area (Å²) in [4.78, 5) is 11.6. The maximum atomic E-state index is 11.6. The Hall–Kier alpha value is -1.62. The number of aromatic nitrogens is 2. The third-order valence-corrected chi connectivity index (χ3v) is 2.12. The molecule has 0 aliphatic carbocycles. The van der Waals surface area contributed by atoms with Crippen LogP contribution in [0.2, 0.25) is 0 Å². The zero-order valence-corrected chi connectivity index (χ0v) is 9.69. The minimum absolute atomic E-state index is 0.308. The van der Waals surface area contributed by atoms with E-state index in [1.54, 1.807) is 24.9 Å². The molecule has 0 saturated heterocycles. The van der Waals surface area contributed by atoms with E-state index < -0.39 is 5.97 Å². The summed E-state index contributed by atoms with van der Waals surface area (Å²) in [5.41, 5.74) is 7.28. The van der Waals surface area contributed by atoms with Crippen LogP contribution in [-0.4, -0.2) is 28.9 Å². The van der Waals surface area contributed by atoms with E-state index >= 15 is 0 Å². The van der Waals surface area contributed by atoms with Crippen LogP contribution < -0.4 is 5.73 Å². The van der Waals surface area contributed by atoms with Gasteiger partial charge in [0.1, 0.15) is 0 Å². The highest BCUT2D eigenvalue weighted by Gasteiger charge is 2.18. The minimum Gasteiger partial charge on any atom is -0.461 e. The van der Waals surface area contributed by atoms with Crippen molar-refractivity contribution < 1.29 is 9.53 Å². The van der Waals surface area contributed by atoms with Crippen LogP contribution in [0.15, 0.2) is 12.8 Å². The fourth-order valence-electron chi connectivity index (χ4n) is 1.41. The van der Waals surface area contributed by atoms with E-state index in [4.69, 9.17) is 10.5 Å². The van der Waals surface area contributed by atoms with Gasteiger partial charge in [-0.1, -0.05) is 6.58 Å². The SMILES string of the molecule is C=C(CCN)c1cn(C)nc1C(=O)OCC. The number of carbonyl (C=O) groups is 1. The van der Waals surface area contributed by atoms with Gasteiger partial charge in [0.15, 0.2) is 5.69 Å². The minimum atomic E-state index is -0.420. The van der Waals surface area contributed by atoms with Crippen LogP contribution >= 0.6 is 0 Å². The van der Waals surface area contributed by atoms with E-state index in [-0.39, 0.29) is 0 Å². The summed E-state index contributed by atoms with van der Waals surface area (Å²) < 4.78 is 6.50. The first-order valence-electron chi connectivity index (χ1n) is 5.19. The second kappa shape index (κ2) is 5.46. The van der Waals surface area contributed by atoms with E-state index in [0.29, 0.717) is 30.8 Å². The molecule has 0 radical (unpaired) electrons. The molecule has 5 nitrogen and oxygen atoms in total. The molecule has 0 spiro atoms. The first kappa shape index (κ1) is 12.4. The number of aryl methyl sites for hydroxylation is 1. The molecule has 0 aliphatic rings. The molecule has 2 N–H and O–H groups in total. The van der Waals surface area contributed by atoms with Crippen LogP contribution in [0.1, 0.15) is 29.4 Å². The summed E-state index contributed by atoms with van der Waals surface area (Å²) in [5, 5.41) is 4.07. The van der Waals surface area contributed by atoms with Crippen molar-refractivity contribution in [1.29, 1.82) is 0 Å². The van der Waals surface area contributed by atoms with Gasteiger partial charge in [-0.15, -0.1) is 0 Å². The van der Waals surface area contributed by atoms with Gasteiger partial charge in [-0.3, -0.25) is 4.68 Å². The van der Waals surface area contributed by atoms with Crippen molar-refractivity contribution in [3.63, 3.8) is 0 Å². The largest absolute Gasteiger partial charge is 0.461 e. The number of carbonyl (C=O) groups excluding carboxylic acids is 1. The smallest absolute Gasteiger partial charge is 0.359 e. The van der Waals surface area contributed by atoms with Gasteiger partial charge in [0, 0.05) is 18.8 Å². The normalized spacial score (nSPS) is 10.2. The predicted molar refractivity (Wildman–Crippen MR) is 61.9 cm³/mol. The zero-order chi connectivity index (χ0) is 12.1. The lowest BCUT2D eigenvalue weighted by molar-refractivity contribution is 0.0518. The van der Waals surface area contributed by atoms with Gasteiger partial charge in [0.2, 0.25) is 0 Å². The average Bonchev–Trinajstić information content (AvgIpc) is 2.61. The Morgan fingerprint density at radius 1 is 1.69 bits per heavy atom. The van der Waals surface area contributed by atoms with Gasteiger partial charge in [0.05, 0.1) is 6.61 Å². The summed E-state index contributed by atoms with van der Waals surface area (Å²) in [7, 11) is 1.75. The molecule has 0 saturated carbocycles. The van der Waals surface area contributed by atoms with Crippen LogP contribution in [-0.2, 0) is 11.8 Å². The molecule has 1 aromatic heterocycles. The number of nitrogens with zero attached hydrogens (tertiary/aromatic N) is 2. The molecule has 0 amide bonds.